The maximum atomic E-state index is 6.02. The van der Waals surface area contributed by atoms with Gasteiger partial charge in [-0.25, -0.2) is 0 Å². The highest BCUT2D eigenvalue weighted by Crippen LogP contribution is 2.30. The minimum absolute atomic E-state index is 0.515. The summed E-state index contributed by atoms with van der Waals surface area (Å²) < 4.78 is 21.9. The van der Waals surface area contributed by atoms with Crippen LogP contribution < -0.4 is 4.74 Å². The average Bonchev–Trinajstić information content (AvgIpc) is 2.69. The molecule has 0 heterocycles. The minimum Gasteiger partial charge on any atom is -0.491 e. The van der Waals surface area contributed by atoms with Crippen LogP contribution in [0, 0.1) is 13.8 Å². The van der Waals surface area contributed by atoms with Crippen LogP contribution in [0.5, 0.6) is 5.75 Å². The zero-order chi connectivity index (χ0) is 21.1. The van der Waals surface area contributed by atoms with Crippen LogP contribution in [0.3, 0.4) is 0 Å². The predicted octanol–water partition coefficient (Wildman–Crippen LogP) is 4.09. The number of ether oxygens (including phenoxy) is 4. The van der Waals surface area contributed by atoms with Crippen molar-refractivity contribution in [1.82, 2.24) is 4.90 Å². The van der Waals surface area contributed by atoms with Crippen molar-refractivity contribution in [3.8, 4) is 16.9 Å². The standard InChI is InChI=1S/C24H35NO4/c1-19-6-7-20(2)23(16-19)21-8-9-24(22(17-21)18-25(3)4)29-15-14-28-13-12-27-11-10-26-5/h6-9,16-17H,10-15,18H2,1-5H3. The highest BCUT2D eigenvalue weighted by Gasteiger charge is 2.10. The summed E-state index contributed by atoms with van der Waals surface area (Å²) in [7, 11) is 5.80. The van der Waals surface area contributed by atoms with Crippen molar-refractivity contribution in [3.63, 3.8) is 0 Å². The molecule has 0 saturated carbocycles. The third-order valence-electron chi connectivity index (χ3n) is 4.54. The van der Waals surface area contributed by atoms with Crippen LogP contribution in [0.2, 0.25) is 0 Å². The molecule has 5 nitrogen and oxygen atoms in total. The Hall–Kier alpha value is -1.92. The number of benzene rings is 2. The second-order valence-electron chi connectivity index (χ2n) is 7.44. The maximum absolute atomic E-state index is 6.02. The molecule has 0 N–H and O–H groups in total. The Labute approximate surface area is 175 Å². The van der Waals surface area contributed by atoms with Gasteiger partial charge in [-0.2, -0.15) is 0 Å². The van der Waals surface area contributed by atoms with Crippen LogP contribution in [0.1, 0.15) is 16.7 Å². The Morgan fingerprint density at radius 3 is 2.17 bits per heavy atom. The summed E-state index contributed by atoms with van der Waals surface area (Å²) in [6.45, 7) is 8.48. The van der Waals surface area contributed by atoms with Crippen molar-refractivity contribution in [2.24, 2.45) is 0 Å². The van der Waals surface area contributed by atoms with E-state index in [-0.39, 0.29) is 0 Å². The molecule has 29 heavy (non-hydrogen) atoms. The van der Waals surface area contributed by atoms with E-state index in [9.17, 15) is 0 Å². The fourth-order valence-corrected chi connectivity index (χ4v) is 3.07. The molecule has 0 spiro atoms. The molecule has 0 amide bonds. The van der Waals surface area contributed by atoms with Crippen LogP contribution in [-0.4, -0.2) is 65.7 Å². The molecule has 0 aliphatic carbocycles. The maximum Gasteiger partial charge on any atom is 0.123 e. The summed E-state index contributed by atoms with van der Waals surface area (Å²) in [4.78, 5) is 2.16. The van der Waals surface area contributed by atoms with Gasteiger partial charge in [-0.3, -0.25) is 0 Å². The number of hydrogen-bond donors (Lipinski definition) is 0. The lowest BCUT2D eigenvalue weighted by molar-refractivity contribution is 0.0179. The first-order valence-corrected chi connectivity index (χ1v) is 10.1. The molecule has 0 aliphatic rings. The number of aryl methyl sites for hydroxylation is 2. The van der Waals surface area contributed by atoms with Crippen LogP contribution in [-0.2, 0) is 20.8 Å². The average molecular weight is 402 g/mol. The van der Waals surface area contributed by atoms with Crippen molar-refractivity contribution in [1.29, 1.82) is 0 Å². The van der Waals surface area contributed by atoms with Crippen molar-refractivity contribution < 1.29 is 18.9 Å². The smallest absolute Gasteiger partial charge is 0.123 e. The van der Waals surface area contributed by atoms with Gasteiger partial charge in [0.05, 0.1) is 33.0 Å². The lowest BCUT2D eigenvalue weighted by Gasteiger charge is -2.17. The molecule has 0 aliphatic heterocycles. The first-order valence-electron chi connectivity index (χ1n) is 10.1. The fraction of sp³-hybridized carbons (Fsp3) is 0.500. The van der Waals surface area contributed by atoms with Gasteiger partial charge in [0.2, 0.25) is 0 Å². The van der Waals surface area contributed by atoms with E-state index >= 15 is 0 Å². The predicted molar refractivity (Wildman–Crippen MR) is 118 cm³/mol. The second-order valence-corrected chi connectivity index (χ2v) is 7.44. The van der Waals surface area contributed by atoms with Crippen LogP contribution in [0.4, 0.5) is 0 Å². The molecule has 0 saturated heterocycles. The van der Waals surface area contributed by atoms with E-state index in [4.69, 9.17) is 18.9 Å². The van der Waals surface area contributed by atoms with E-state index in [1.54, 1.807) is 7.11 Å². The van der Waals surface area contributed by atoms with E-state index in [1.165, 1.54) is 27.8 Å². The molecular weight excluding hydrogens is 366 g/mol. The molecule has 2 aromatic carbocycles. The second kappa shape index (κ2) is 12.6. The molecule has 0 unspecified atom stereocenters. The molecule has 0 bridgehead atoms. The molecule has 160 valence electrons. The lowest BCUT2D eigenvalue weighted by atomic mass is 9.96. The van der Waals surface area contributed by atoms with Crippen molar-refractivity contribution in [2.45, 2.75) is 20.4 Å². The quantitative estimate of drug-likeness (QED) is 0.473. The highest BCUT2D eigenvalue weighted by molar-refractivity contribution is 5.69. The van der Waals surface area contributed by atoms with Crippen LogP contribution in [0.25, 0.3) is 11.1 Å². The van der Waals surface area contributed by atoms with E-state index in [1.807, 2.05) is 0 Å². The van der Waals surface area contributed by atoms with Crippen LogP contribution >= 0.6 is 0 Å². The summed E-state index contributed by atoms with van der Waals surface area (Å²) >= 11 is 0. The van der Waals surface area contributed by atoms with Crippen molar-refractivity contribution >= 4 is 0 Å². The molecule has 0 fully saturated rings. The SMILES string of the molecule is COCCOCCOCCOc1ccc(-c2cc(C)ccc2C)cc1CN(C)C. The van der Waals surface area contributed by atoms with Crippen LogP contribution in [0.15, 0.2) is 36.4 Å². The summed E-state index contributed by atoms with van der Waals surface area (Å²) in [6, 6.07) is 13.0. The zero-order valence-corrected chi connectivity index (χ0v) is 18.5. The Morgan fingerprint density at radius 2 is 1.48 bits per heavy atom. The molecule has 0 atom stereocenters. The Bertz CT molecular complexity index is 746. The topological polar surface area (TPSA) is 40.2 Å². The molecule has 2 rings (SSSR count). The molecule has 2 aromatic rings. The zero-order valence-electron chi connectivity index (χ0n) is 18.5. The lowest BCUT2D eigenvalue weighted by Crippen LogP contribution is -2.15. The van der Waals surface area contributed by atoms with E-state index < -0.39 is 0 Å². The number of hydrogen-bond acceptors (Lipinski definition) is 5. The first-order chi connectivity index (χ1) is 14.0. The van der Waals surface area contributed by atoms with E-state index in [0.717, 1.165) is 12.3 Å². The van der Waals surface area contributed by atoms with Gasteiger partial charge in [0.25, 0.3) is 0 Å². The molecule has 5 heteroatoms. The molecule has 0 radical (unpaired) electrons. The van der Waals surface area contributed by atoms with Crippen molar-refractivity contribution in [2.75, 3.05) is 60.8 Å². The van der Waals surface area contributed by atoms with E-state index in [2.05, 4.69) is 69.2 Å². The summed E-state index contributed by atoms with van der Waals surface area (Å²) in [6.07, 6.45) is 0. The van der Waals surface area contributed by atoms with E-state index in [0.29, 0.717) is 39.6 Å². The minimum atomic E-state index is 0.515. The van der Waals surface area contributed by atoms with Gasteiger partial charge in [0, 0.05) is 19.2 Å². The monoisotopic (exact) mass is 401 g/mol. The van der Waals surface area contributed by atoms with Gasteiger partial charge >= 0.3 is 0 Å². The number of methoxy groups -OCH3 is 1. The Balaban J connectivity index is 1.94. The summed E-state index contributed by atoms with van der Waals surface area (Å²) in [5, 5.41) is 0. The molecular formula is C24H35NO4. The Kier molecular flexibility index (Phi) is 10.2. The van der Waals surface area contributed by atoms with Gasteiger partial charge in [-0.15, -0.1) is 0 Å². The number of nitrogens with zero attached hydrogens (tertiary/aromatic N) is 1. The normalized spacial score (nSPS) is 11.2. The van der Waals surface area contributed by atoms with Gasteiger partial charge < -0.3 is 23.8 Å². The van der Waals surface area contributed by atoms with Gasteiger partial charge in [-0.1, -0.05) is 29.8 Å². The van der Waals surface area contributed by atoms with Gasteiger partial charge in [0.1, 0.15) is 12.4 Å². The third kappa shape index (κ3) is 8.15. The third-order valence-corrected chi connectivity index (χ3v) is 4.54. The number of rotatable bonds is 13. The fourth-order valence-electron chi connectivity index (χ4n) is 3.07. The summed E-state index contributed by atoms with van der Waals surface area (Å²) in [5.41, 5.74) is 6.22. The summed E-state index contributed by atoms with van der Waals surface area (Å²) in [5.74, 6) is 0.910. The highest BCUT2D eigenvalue weighted by atomic mass is 16.6. The van der Waals surface area contributed by atoms with Gasteiger partial charge in [-0.05, 0) is 56.8 Å². The van der Waals surface area contributed by atoms with Gasteiger partial charge in [0.15, 0.2) is 0 Å². The first kappa shape index (κ1) is 23.4. The Morgan fingerprint density at radius 1 is 0.793 bits per heavy atom. The largest absolute Gasteiger partial charge is 0.491 e. The van der Waals surface area contributed by atoms with Crippen molar-refractivity contribution in [3.05, 3.63) is 53.1 Å². The molecule has 0 aromatic heterocycles.